The lowest BCUT2D eigenvalue weighted by Crippen LogP contribution is -2.32. The number of allylic oxidation sites excluding steroid dienone is 1. The minimum absolute atomic E-state index is 0.382. The zero-order valence-corrected chi connectivity index (χ0v) is 20.1. The molecule has 1 atom stereocenters. The molecule has 2 heterocycles. The number of para-hydroxylation sites is 1. The van der Waals surface area contributed by atoms with Gasteiger partial charge >= 0.3 is 0 Å². The fourth-order valence-electron chi connectivity index (χ4n) is 4.42. The minimum Gasteiger partial charge on any atom is -0.493 e. The van der Waals surface area contributed by atoms with Crippen LogP contribution in [-0.2, 0) is 4.79 Å². The van der Waals surface area contributed by atoms with E-state index in [1.54, 1.807) is 31.9 Å². The second-order valence-corrected chi connectivity index (χ2v) is 7.94. The molecule has 9 nitrogen and oxygen atoms in total. The van der Waals surface area contributed by atoms with E-state index < -0.39 is 11.9 Å². The molecule has 3 aromatic rings. The number of fused-ring (bicyclic) bond motifs is 1. The van der Waals surface area contributed by atoms with Crippen molar-refractivity contribution in [1.29, 1.82) is 0 Å². The van der Waals surface area contributed by atoms with E-state index in [0.717, 1.165) is 24.3 Å². The standard InChI is InChI=1S/C25H30N6O3/c1-6-30(7-2)17-13-11-16(12-14-17)24-28-25-27-15(3)20(23(26)32)21(31(25)29-24)18-9-8-10-19(33-4)22(18)34-5/h8-14,21H,6-7H2,1-5H3,(H2,26,32)(H,27,28,29). The molecule has 34 heavy (non-hydrogen) atoms. The smallest absolute Gasteiger partial charge is 0.248 e. The monoisotopic (exact) mass is 462 g/mol. The topological polar surface area (TPSA) is 108 Å². The molecule has 1 unspecified atom stereocenters. The van der Waals surface area contributed by atoms with E-state index in [1.807, 2.05) is 24.3 Å². The van der Waals surface area contributed by atoms with Crippen molar-refractivity contribution in [2.45, 2.75) is 26.8 Å². The van der Waals surface area contributed by atoms with Crippen molar-refractivity contribution in [3.8, 4) is 22.9 Å². The molecule has 0 saturated carbocycles. The highest BCUT2D eigenvalue weighted by molar-refractivity contribution is 5.95. The fourth-order valence-corrected chi connectivity index (χ4v) is 4.42. The van der Waals surface area contributed by atoms with Gasteiger partial charge in [0.2, 0.25) is 11.9 Å². The second kappa shape index (κ2) is 9.46. The molecule has 4 rings (SSSR count). The van der Waals surface area contributed by atoms with Gasteiger partial charge in [-0.1, -0.05) is 12.1 Å². The number of benzene rings is 2. The summed E-state index contributed by atoms with van der Waals surface area (Å²) >= 11 is 0. The molecule has 0 aliphatic carbocycles. The van der Waals surface area contributed by atoms with Crippen LogP contribution in [0.5, 0.6) is 11.5 Å². The average molecular weight is 463 g/mol. The van der Waals surface area contributed by atoms with Crippen LogP contribution >= 0.6 is 0 Å². The highest BCUT2D eigenvalue weighted by Gasteiger charge is 2.35. The Morgan fingerprint density at radius 2 is 1.82 bits per heavy atom. The minimum atomic E-state index is -0.630. The van der Waals surface area contributed by atoms with Gasteiger partial charge in [-0.3, -0.25) is 4.79 Å². The molecule has 9 heteroatoms. The van der Waals surface area contributed by atoms with Gasteiger partial charge in [0.25, 0.3) is 0 Å². The summed E-state index contributed by atoms with van der Waals surface area (Å²) in [5.41, 5.74) is 9.53. The number of nitrogens with one attached hydrogen (secondary N) is 1. The van der Waals surface area contributed by atoms with Gasteiger partial charge in [-0.05, 0) is 51.1 Å². The molecule has 1 aliphatic heterocycles. The van der Waals surface area contributed by atoms with Crippen molar-refractivity contribution in [3.63, 3.8) is 0 Å². The van der Waals surface area contributed by atoms with Crippen molar-refractivity contribution in [2.24, 2.45) is 5.73 Å². The molecule has 1 aliphatic rings. The van der Waals surface area contributed by atoms with Gasteiger partial charge in [0.15, 0.2) is 17.3 Å². The third-order valence-electron chi connectivity index (χ3n) is 6.10. The molecule has 3 N–H and O–H groups in total. The summed E-state index contributed by atoms with van der Waals surface area (Å²) in [7, 11) is 3.13. The maximum atomic E-state index is 12.5. The van der Waals surface area contributed by atoms with Crippen LogP contribution in [0.1, 0.15) is 32.4 Å². The Labute approximate surface area is 199 Å². The molecular formula is C25H30N6O3. The molecule has 0 bridgehead atoms. The van der Waals surface area contributed by atoms with Crippen LogP contribution in [0.25, 0.3) is 11.4 Å². The molecule has 0 fully saturated rings. The average Bonchev–Trinajstić information content (AvgIpc) is 3.27. The van der Waals surface area contributed by atoms with Crippen LogP contribution < -0.4 is 25.4 Å². The SMILES string of the molecule is CCN(CC)c1ccc(-c2nc3n(n2)C(c2cccc(OC)c2OC)C(C(N)=O)=C(C)N3)cc1. The van der Waals surface area contributed by atoms with Gasteiger partial charge < -0.3 is 25.4 Å². The number of hydrogen-bond acceptors (Lipinski definition) is 7. The van der Waals surface area contributed by atoms with E-state index in [2.05, 4.69) is 36.2 Å². The molecule has 0 saturated heterocycles. The first kappa shape index (κ1) is 23.2. The molecular weight excluding hydrogens is 432 g/mol. The Balaban J connectivity index is 1.83. The summed E-state index contributed by atoms with van der Waals surface area (Å²) in [5, 5.41) is 7.97. The Bertz CT molecular complexity index is 1230. The van der Waals surface area contributed by atoms with Crippen molar-refractivity contribution in [2.75, 3.05) is 37.5 Å². The van der Waals surface area contributed by atoms with E-state index in [1.165, 1.54) is 0 Å². The van der Waals surface area contributed by atoms with Crippen LogP contribution in [0.4, 0.5) is 11.6 Å². The second-order valence-electron chi connectivity index (χ2n) is 7.94. The van der Waals surface area contributed by atoms with Crippen LogP contribution in [0, 0.1) is 0 Å². The van der Waals surface area contributed by atoms with E-state index >= 15 is 0 Å². The van der Waals surface area contributed by atoms with Gasteiger partial charge in [0.1, 0.15) is 6.04 Å². The third-order valence-corrected chi connectivity index (χ3v) is 6.10. The largest absolute Gasteiger partial charge is 0.493 e. The lowest BCUT2D eigenvalue weighted by molar-refractivity contribution is -0.115. The van der Waals surface area contributed by atoms with E-state index in [9.17, 15) is 4.79 Å². The first-order chi connectivity index (χ1) is 16.4. The van der Waals surface area contributed by atoms with Gasteiger partial charge in [-0.25, -0.2) is 4.68 Å². The Morgan fingerprint density at radius 1 is 1.12 bits per heavy atom. The highest BCUT2D eigenvalue weighted by atomic mass is 16.5. The molecule has 0 radical (unpaired) electrons. The van der Waals surface area contributed by atoms with Crippen LogP contribution in [-0.4, -0.2) is 48.0 Å². The Kier molecular flexibility index (Phi) is 6.45. The van der Waals surface area contributed by atoms with Crippen LogP contribution in [0.3, 0.4) is 0 Å². The summed E-state index contributed by atoms with van der Waals surface area (Å²) in [4.78, 5) is 19.5. The lowest BCUT2D eigenvalue weighted by atomic mass is 9.94. The summed E-state index contributed by atoms with van der Waals surface area (Å²) in [6.07, 6.45) is 0. The van der Waals surface area contributed by atoms with Gasteiger partial charge in [0.05, 0.1) is 19.8 Å². The van der Waals surface area contributed by atoms with E-state index in [-0.39, 0.29) is 0 Å². The predicted octanol–water partition coefficient (Wildman–Crippen LogP) is 3.58. The van der Waals surface area contributed by atoms with Crippen molar-refractivity contribution >= 4 is 17.5 Å². The number of carbonyl (C=O) groups excluding carboxylic acids is 1. The first-order valence-electron chi connectivity index (χ1n) is 11.2. The predicted molar refractivity (Wildman–Crippen MR) is 132 cm³/mol. The summed E-state index contributed by atoms with van der Waals surface area (Å²) in [6, 6.07) is 13.0. The highest BCUT2D eigenvalue weighted by Crippen LogP contribution is 2.43. The Morgan fingerprint density at radius 3 is 2.41 bits per heavy atom. The Hall–Kier alpha value is -4.01. The summed E-state index contributed by atoms with van der Waals surface area (Å²) < 4.78 is 12.8. The van der Waals surface area contributed by atoms with Gasteiger partial charge in [0, 0.05) is 35.6 Å². The molecule has 2 aromatic carbocycles. The third kappa shape index (κ3) is 3.93. The number of nitrogens with zero attached hydrogens (tertiary/aromatic N) is 4. The van der Waals surface area contributed by atoms with Crippen molar-refractivity contribution in [1.82, 2.24) is 14.8 Å². The van der Waals surface area contributed by atoms with Crippen molar-refractivity contribution in [3.05, 3.63) is 59.3 Å². The fraction of sp³-hybridized carbons (Fsp3) is 0.320. The number of methoxy groups -OCH3 is 2. The summed E-state index contributed by atoms with van der Waals surface area (Å²) in [5.74, 6) is 1.56. The van der Waals surface area contributed by atoms with E-state index in [4.69, 9.17) is 25.3 Å². The zero-order chi connectivity index (χ0) is 24.4. The number of nitrogens with two attached hydrogens (primary N) is 1. The maximum absolute atomic E-state index is 12.5. The number of carbonyl (C=O) groups is 1. The molecule has 1 aromatic heterocycles. The molecule has 178 valence electrons. The number of primary amides is 1. The van der Waals surface area contributed by atoms with Crippen molar-refractivity contribution < 1.29 is 14.3 Å². The summed E-state index contributed by atoms with van der Waals surface area (Å²) in [6.45, 7) is 7.93. The first-order valence-corrected chi connectivity index (χ1v) is 11.2. The number of aromatic nitrogens is 3. The number of rotatable bonds is 8. The van der Waals surface area contributed by atoms with Gasteiger partial charge in [-0.2, -0.15) is 4.98 Å². The number of hydrogen-bond donors (Lipinski definition) is 2. The van der Waals surface area contributed by atoms with Gasteiger partial charge in [-0.15, -0.1) is 5.10 Å². The zero-order valence-electron chi connectivity index (χ0n) is 20.1. The lowest BCUT2D eigenvalue weighted by Gasteiger charge is -2.29. The number of ether oxygens (including phenoxy) is 2. The molecule has 1 amide bonds. The number of amides is 1. The maximum Gasteiger partial charge on any atom is 0.248 e. The quantitative estimate of drug-likeness (QED) is 0.527. The van der Waals surface area contributed by atoms with E-state index in [0.29, 0.717) is 40.1 Å². The molecule has 0 spiro atoms. The number of anilines is 2. The normalized spacial score (nSPS) is 14.9. The van der Waals surface area contributed by atoms with Crippen LogP contribution in [0.2, 0.25) is 0 Å². The van der Waals surface area contributed by atoms with Crippen LogP contribution in [0.15, 0.2) is 53.7 Å².